The molecule has 0 spiro atoms. The number of pyridine rings is 1. The van der Waals surface area contributed by atoms with Gasteiger partial charge in [0.1, 0.15) is 6.04 Å². The molecule has 6 rings (SSSR count). The van der Waals surface area contributed by atoms with Crippen molar-refractivity contribution in [1.82, 2.24) is 14.8 Å². The van der Waals surface area contributed by atoms with Crippen LogP contribution in [0.3, 0.4) is 0 Å². The predicted octanol–water partition coefficient (Wildman–Crippen LogP) is 1.42. The number of nitrogens with zero attached hydrogens (tertiary/aromatic N) is 2. The Hall–Kier alpha value is -2.93. The summed E-state index contributed by atoms with van der Waals surface area (Å²) in [6.07, 6.45) is 4.25. The summed E-state index contributed by atoms with van der Waals surface area (Å²) in [6, 6.07) is 12.3. The lowest BCUT2D eigenvalue weighted by Crippen LogP contribution is -2.54. The van der Waals surface area contributed by atoms with Crippen LogP contribution in [0.4, 0.5) is 0 Å². The Balaban J connectivity index is 1.33. The number of fused-ring (bicyclic) bond motifs is 4. The SMILES string of the molecule is O=C(NC1Cc2ccccc2C1)[C@@H]1[C@@H](CO)[C@@H]2Cn3c(cccc3=O)[C@@H]2N1C(=O)C1CCC1. The molecule has 4 aliphatic rings. The molecule has 2 aromatic rings. The number of hydrogen-bond donors (Lipinski definition) is 2. The van der Waals surface area contributed by atoms with Crippen LogP contribution in [0.2, 0.25) is 0 Å². The highest BCUT2D eigenvalue weighted by Gasteiger charge is 2.58. The van der Waals surface area contributed by atoms with Crippen LogP contribution in [-0.2, 0) is 29.0 Å². The van der Waals surface area contributed by atoms with Crippen LogP contribution in [0.15, 0.2) is 47.3 Å². The van der Waals surface area contributed by atoms with Crippen molar-refractivity contribution in [2.75, 3.05) is 6.61 Å². The van der Waals surface area contributed by atoms with Gasteiger partial charge in [0.15, 0.2) is 0 Å². The number of likely N-dealkylation sites (tertiary alicyclic amines) is 1. The Morgan fingerprint density at radius 2 is 1.76 bits per heavy atom. The molecule has 0 bridgehead atoms. The largest absolute Gasteiger partial charge is 0.396 e. The highest BCUT2D eigenvalue weighted by atomic mass is 16.3. The van der Waals surface area contributed by atoms with E-state index in [2.05, 4.69) is 17.4 Å². The van der Waals surface area contributed by atoms with E-state index < -0.39 is 12.0 Å². The number of rotatable bonds is 4. The first-order valence-corrected chi connectivity index (χ1v) is 12.1. The zero-order chi connectivity index (χ0) is 22.7. The van der Waals surface area contributed by atoms with E-state index in [1.807, 2.05) is 18.2 Å². The number of carbonyl (C=O) groups excluding carboxylic acids is 2. The molecule has 7 heteroatoms. The Bertz CT molecular complexity index is 1150. The van der Waals surface area contributed by atoms with E-state index in [1.165, 1.54) is 17.2 Å². The van der Waals surface area contributed by atoms with Crippen LogP contribution in [0.1, 0.15) is 42.1 Å². The van der Waals surface area contributed by atoms with E-state index in [4.69, 9.17) is 0 Å². The number of aromatic nitrogens is 1. The number of nitrogens with one attached hydrogen (secondary N) is 1. The molecule has 1 saturated carbocycles. The highest BCUT2D eigenvalue weighted by Crippen LogP contribution is 2.50. The van der Waals surface area contributed by atoms with E-state index in [0.717, 1.165) is 37.8 Å². The normalized spacial score (nSPS) is 28.2. The van der Waals surface area contributed by atoms with Gasteiger partial charge in [-0.1, -0.05) is 36.8 Å². The second-order valence-corrected chi connectivity index (χ2v) is 10.1. The first-order chi connectivity index (χ1) is 16.1. The van der Waals surface area contributed by atoms with Gasteiger partial charge in [-0.3, -0.25) is 14.4 Å². The van der Waals surface area contributed by atoms with Crippen molar-refractivity contribution in [2.24, 2.45) is 17.8 Å². The second-order valence-electron chi connectivity index (χ2n) is 10.1. The number of amides is 2. The number of benzene rings is 1. The minimum absolute atomic E-state index is 0.00758. The molecule has 2 aliphatic heterocycles. The van der Waals surface area contributed by atoms with Gasteiger partial charge >= 0.3 is 0 Å². The lowest BCUT2D eigenvalue weighted by atomic mass is 9.84. The standard InChI is InChI=1S/C26H29N3O4/c30-14-20-19-13-28-21(9-4-10-22(28)31)23(19)29(26(33)15-7-3-8-15)24(20)25(32)27-18-11-16-5-1-2-6-17(16)12-18/h1-2,4-6,9-10,15,18-20,23-24,30H,3,7-8,11-14H2,(H,27,32)/t19-,20-,23+,24-/m0/s1. The number of aliphatic hydroxyl groups is 1. The van der Waals surface area contributed by atoms with E-state index in [-0.39, 0.29) is 47.9 Å². The van der Waals surface area contributed by atoms with Gasteiger partial charge in [0.25, 0.3) is 5.56 Å². The van der Waals surface area contributed by atoms with Crippen molar-refractivity contribution < 1.29 is 14.7 Å². The van der Waals surface area contributed by atoms with Gasteiger partial charge in [-0.25, -0.2) is 0 Å². The summed E-state index contributed by atoms with van der Waals surface area (Å²) in [5.41, 5.74) is 3.18. The fraction of sp³-hybridized carbons (Fsp3) is 0.500. The van der Waals surface area contributed by atoms with Crippen molar-refractivity contribution in [2.45, 2.75) is 56.8 Å². The zero-order valence-electron chi connectivity index (χ0n) is 18.5. The van der Waals surface area contributed by atoms with Gasteiger partial charge in [0.05, 0.1) is 6.04 Å². The summed E-state index contributed by atoms with van der Waals surface area (Å²) < 4.78 is 1.71. The molecule has 1 aromatic carbocycles. The molecule has 0 unspecified atom stereocenters. The molecule has 1 saturated heterocycles. The predicted molar refractivity (Wildman–Crippen MR) is 121 cm³/mol. The summed E-state index contributed by atoms with van der Waals surface area (Å²) in [5, 5.41) is 13.6. The number of hydrogen-bond acceptors (Lipinski definition) is 4. The Kier molecular flexibility index (Phi) is 4.91. The molecular weight excluding hydrogens is 418 g/mol. The first-order valence-electron chi connectivity index (χ1n) is 12.1. The first kappa shape index (κ1) is 20.7. The van der Waals surface area contributed by atoms with E-state index in [0.29, 0.717) is 6.54 Å². The van der Waals surface area contributed by atoms with Gasteiger partial charge in [-0.05, 0) is 42.9 Å². The van der Waals surface area contributed by atoms with Crippen molar-refractivity contribution in [1.29, 1.82) is 0 Å². The molecule has 7 nitrogen and oxygen atoms in total. The second kappa shape index (κ2) is 7.83. The van der Waals surface area contributed by atoms with Crippen molar-refractivity contribution >= 4 is 11.8 Å². The molecule has 2 amide bonds. The molecule has 0 radical (unpaired) electrons. The summed E-state index contributed by atoms with van der Waals surface area (Å²) in [6.45, 7) is 0.235. The molecule has 33 heavy (non-hydrogen) atoms. The van der Waals surface area contributed by atoms with Gasteiger partial charge in [-0.15, -0.1) is 0 Å². The quantitative estimate of drug-likeness (QED) is 0.742. The van der Waals surface area contributed by atoms with Gasteiger partial charge in [0.2, 0.25) is 11.8 Å². The van der Waals surface area contributed by atoms with Crippen molar-refractivity contribution in [3.63, 3.8) is 0 Å². The lowest BCUT2D eigenvalue weighted by molar-refractivity contribution is -0.147. The average molecular weight is 448 g/mol. The Labute approximate surface area is 192 Å². The molecule has 172 valence electrons. The topological polar surface area (TPSA) is 91.6 Å². The maximum atomic E-state index is 13.7. The average Bonchev–Trinajstić information content (AvgIpc) is 3.42. The zero-order valence-corrected chi connectivity index (χ0v) is 18.5. The summed E-state index contributed by atoms with van der Waals surface area (Å²) in [4.78, 5) is 41.6. The molecule has 2 N–H and O–H groups in total. The molecule has 2 fully saturated rings. The van der Waals surface area contributed by atoms with E-state index in [1.54, 1.807) is 15.5 Å². The van der Waals surface area contributed by atoms with Gasteiger partial charge in [0, 0.05) is 48.7 Å². The molecule has 3 heterocycles. The van der Waals surface area contributed by atoms with Gasteiger partial charge in [-0.2, -0.15) is 0 Å². The molecule has 2 aliphatic carbocycles. The maximum Gasteiger partial charge on any atom is 0.250 e. The smallest absolute Gasteiger partial charge is 0.250 e. The van der Waals surface area contributed by atoms with Crippen molar-refractivity contribution in [3.8, 4) is 0 Å². The van der Waals surface area contributed by atoms with Crippen LogP contribution in [-0.4, -0.2) is 45.1 Å². The third kappa shape index (κ3) is 3.16. The van der Waals surface area contributed by atoms with Crippen LogP contribution in [0.25, 0.3) is 0 Å². The Morgan fingerprint density at radius 1 is 1.03 bits per heavy atom. The van der Waals surface area contributed by atoms with Crippen LogP contribution in [0.5, 0.6) is 0 Å². The third-order valence-corrected chi connectivity index (χ3v) is 8.33. The summed E-state index contributed by atoms with van der Waals surface area (Å²) in [7, 11) is 0. The minimum atomic E-state index is -0.717. The highest BCUT2D eigenvalue weighted by molar-refractivity contribution is 5.90. The van der Waals surface area contributed by atoms with Crippen LogP contribution in [0, 0.1) is 17.8 Å². The number of carbonyl (C=O) groups is 2. The third-order valence-electron chi connectivity index (χ3n) is 8.33. The van der Waals surface area contributed by atoms with Crippen molar-refractivity contribution in [3.05, 3.63) is 69.6 Å². The molecule has 1 aromatic heterocycles. The molecule has 4 atom stereocenters. The molecular formula is C26H29N3O4. The Morgan fingerprint density at radius 3 is 2.39 bits per heavy atom. The maximum absolute atomic E-state index is 13.7. The van der Waals surface area contributed by atoms with Crippen LogP contribution >= 0.6 is 0 Å². The minimum Gasteiger partial charge on any atom is -0.396 e. The fourth-order valence-corrected chi connectivity index (χ4v) is 6.50. The van der Waals surface area contributed by atoms with E-state index >= 15 is 0 Å². The number of aliphatic hydroxyl groups excluding tert-OH is 1. The van der Waals surface area contributed by atoms with E-state index in [9.17, 15) is 19.5 Å². The van der Waals surface area contributed by atoms with Crippen LogP contribution < -0.4 is 10.9 Å². The monoisotopic (exact) mass is 447 g/mol. The summed E-state index contributed by atoms with van der Waals surface area (Å²) >= 11 is 0. The fourth-order valence-electron chi connectivity index (χ4n) is 6.50. The lowest BCUT2D eigenvalue weighted by Gasteiger charge is -2.36. The van der Waals surface area contributed by atoms with Gasteiger partial charge < -0.3 is 19.9 Å². The summed E-state index contributed by atoms with van der Waals surface area (Å²) in [5.74, 6) is -0.808.